The fourth-order valence-corrected chi connectivity index (χ4v) is 2.72. The van der Waals surface area contributed by atoms with Crippen molar-refractivity contribution in [3.63, 3.8) is 0 Å². The van der Waals surface area contributed by atoms with Crippen LogP contribution in [0.25, 0.3) is 0 Å². The standard InChI is InChI=1S/C13H19ClN2/c1-9-6-7-11(10(2)8-9)15-13-5-3-4-12(14)16-13/h3-5,9-11H,6-8H2,1-2H3,(H,15,16). The van der Waals surface area contributed by atoms with E-state index in [0.717, 1.165) is 11.7 Å². The molecule has 0 amide bonds. The number of hydrogen-bond acceptors (Lipinski definition) is 2. The van der Waals surface area contributed by atoms with Crippen molar-refractivity contribution in [1.29, 1.82) is 0 Å². The molecular weight excluding hydrogens is 220 g/mol. The summed E-state index contributed by atoms with van der Waals surface area (Å²) in [5.41, 5.74) is 0. The summed E-state index contributed by atoms with van der Waals surface area (Å²) < 4.78 is 0. The fourth-order valence-electron chi connectivity index (χ4n) is 2.56. The van der Waals surface area contributed by atoms with Crippen LogP contribution in [0.4, 0.5) is 5.82 Å². The number of hydrogen-bond donors (Lipinski definition) is 1. The van der Waals surface area contributed by atoms with E-state index < -0.39 is 0 Å². The first-order valence-corrected chi connectivity index (χ1v) is 6.42. The maximum absolute atomic E-state index is 5.87. The Morgan fingerprint density at radius 2 is 2.12 bits per heavy atom. The summed E-state index contributed by atoms with van der Waals surface area (Å²) in [5, 5.41) is 4.05. The highest BCUT2D eigenvalue weighted by Crippen LogP contribution is 2.30. The van der Waals surface area contributed by atoms with E-state index >= 15 is 0 Å². The SMILES string of the molecule is CC1CCC(Nc2cccc(Cl)n2)C(C)C1. The van der Waals surface area contributed by atoms with Crippen LogP contribution < -0.4 is 5.32 Å². The third-order valence-electron chi connectivity index (χ3n) is 3.48. The molecule has 1 aromatic heterocycles. The molecule has 2 nitrogen and oxygen atoms in total. The van der Waals surface area contributed by atoms with Gasteiger partial charge in [-0.05, 0) is 43.2 Å². The van der Waals surface area contributed by atoms with Crippen molar-refractivity contribution >= 4 is 17.4 Å². The number of rotatable bonds is 2. The van der Waals surface area contributed by atoms with E-state index in [9.17, 15) is 0 Å². The van der Waals surface area contributed by atoms with E-state index in [-0.39, 0.29) is 0 Å². The molecule has 88 valence electrons. The van der Waals surface area contributed by atoms with Crippen molar-refractivity contribution in [2.45, 2.75) is 39.2 Å². The molecule has 0 radical (unpaired) electrons. The van der Waals surface area contributed by atoms with Crippen LogP contribution in [0.1, 0.15) is 33.1 Å². The summed E-state index contributed by atoms with van der Waals surface area (Å²) in [6.07, 6.45) is 3.84. The number of nitrogens with one attached hydrogen (secondary N) is 1. The minimum atomic E-state index is 0.544. The molecule has 1 aliphatic carbocycles. The molecule has 3 heteroatoms. The highest BCUT2D eigenvalue weighted by atomic mass is 35.5. The second kappa shape index (κ2) is 5.05. The van der Waals surface area contributed by atoms with Crippen molar-refractivity contribution in [3.8, 4) is 0 Å². The van der Waals surface area contributed by atoms with Gasteiger partial charge in [-0.3, -0.25) is 0 Å². The lowest BCUT2D eigenvalue weighted by molar-refractivity contribution is 0.276. The maximum Gasteiger partial charge on any atom is 0.131 e. The van der Waals surface area contributed by atoms with Gasteiger partial charge in [-0.1, -0.05) is 31.5 Å². The number of anilines is 1. The molecule has 0 aromatic carbocycles. The van der Waals surface area contributed by atoms with Crippen LogP contribution in [0.15, 0.2) is 18.2 Å². The Kier molecular flexibility index (Phi) is 3.70. The van der Waals surface area contributed by atoms with Gasteiger partial charge in [0.2, 0.25) is 0 Å². The Bertz CT molecular complexity index is 354. The van der Waals surface area contributed by atoms with Crippen molar-refractivity contribution in [2.24, 2.45) is 11.8 Å². The molecular formula is C13H19ClN2. The minimum Gasteiger partial charge on any atom is -0.367 e. The van der Waals surface area contributed by atoms with Gasteiger partial charge in [0, 0.05) is 6.04 Å². The van der Waals surface area contributed by atoms with Crippen LogP contribution in [0.2, 0.25) is 5.15 Å². The molecule has 0 spiro atoms. The smallest absolute Gasteiger partial charge is 0.131 e. The molecule has 1 saturated carbocycles. The Morgan fingerprint density at radius 1 is 1.31 bits per heavy atom. The van der Waals surface area contributed by atoms with Gasteiger partial charge in [-0.25, -0.2) is 4.98 Å². The summed E-state index contributed by atoms with van der Waals surface area (Å²) in [6, 6.07) is 6.27. The molecule has 0 aliphatic heterocycles. The highest BCUT2D eigenvalue weighted by Gasteiger charge is 2.25. The first kappa shape index (κ1) is 11.7. The van der Waals surface area contributed by atoms with E-state index in [1.165, 1.54) is 19.3 Å². The van der Waals surface area contributed by atoms with E-state index in [2.05, 4.69) is 24.1 Å². The van der Waals surface area contributed by atoms with Gasteiger partial charge in [-0.15, -0.1) is 0 Å². The Balaban J connectivity index is 1.99. The topological polar surface area (TPSA) is 24.9 Å². The largest absolute Gasteiger partial charge is 0.367 e. The average molecular weight is 239 g/mol. The van der Waals surface area contributed by atoms with Gasteiger partial charge in [0.05, 0.1) is 0 Å². The molecule has 1 N–H and O–H groups in total. The third-order valence-corrected chi connectivity index (χ3v) is 3.69. The predicted molar refractivity (Wildman–Crippen MR) is 68.8 cm³/mol. The van der Waals surface area contributed by atoms with E-state index in [4.69, 9.17) is 11.6 Å². The van der Waals surface area contributed by atoms with Crippen LogP contribution in [-0.2, 0) is 0 Å². The van der Waals surface area contributed by atoms with E-state index in [1.54, 1.807) is 6.07 Å². The fraction of sp³-hybridized carbons (Fsp3) is 0.615. The third kappa shape index (κ3) is 2.88. The van der Waals surface area contributed by atoms with Crippen molar-refractivity contribution in [1.82, 2.24) is 4.98 Å². The Morgan fingerprint density at radius 3 is 2.81 bits per heavy atom. The molecule has 0 saturated heterocycles. The lowest BCUT2D eigenvalue weighted by Gasteiger charge is -2.33. The highest BCUT2D eigenvalue weighted by molar-refractivity contribution is 6.29. The molecule has 1 aromatic rings. The lowest BCUT2D eigenvalue weighted by Crippen LogP contribution is -2.33. The van der Waals surface area contributed by atoms with Crippen LogP contribution in [0.5, 0.6) is 0 Å². The molecule has 2 rings (SSSR count). The summed E-state index contributed by atoms with van der Waals surface area (Å²) in [4.78, 5) is 4.28. The first-order valence-electron chi connectivity index (χ1n) is 6.04. The summed E-state index contributed by atoms with van der Waals surface area (Å²) in [7, 11) is 0. The zero-order valence-electron chi connectivity index (χ0n) is 9.91. The molecule has 3 atom stereocenters. The van der Waals surface area contributed by atoms with Crippen LogP contribution >= 0.6 is 11.6 Å². The molecule has 3 unspecified atom stereocenters. The summed E-state index contributed by atoms with van der Waals surface area (Å²) in [5.74, 6) is 2.48. The number of pyridine rings is 1. The maximum atomic E-state index is 5.87. The normalized spacial score (nSPS) is 30.1. The summed E-state index contributed by atoms with van der Waals surface area (Å²) >= 11 is 5.87. The van der Waals surface area contributed by atoms with Gasteiger partial charge in [0.15, 0.2) is 0 Å². The van der Waals surface area contributed by atoms with Gasteiger partial charge < -0.3 is 5.32 Å². The van der Waals surface area contributed by atoms with Crippen LogP contribution in [0.3, 0.4) is 0 Å². The van der Waals surface area contributed by atoms with Gasteiger partial charge in [-0.2, -0.15) is 0 Å². The Labute approximate surface area is 102 Å². The Hall–Kier alpha value is -0.760. The molecule has 16 heavy (non-hydrogen) atoms. The van der Waals surface area contributed by atoms with Crippen LogP contribution in [-0.4, -0.2) is 11.0 Å². The molecule has 0 bridgehead atoms. The zero-order chi connectivity index (χ0) is 11.5. The first-order chi connectivity index (χ1) is 7.65. The van der Waals surface area contributed by atoms with Gasteiger partial charge >= 0.3 is 0 Å². The van der Waals surface area contributed by atoms with Crippen LogP contribution in [0, 0.1) is 11.8 Å². The van der Waals surface area contributed by atoms with Crippen molar-refractivity contribution < 1.29 is 0 Å². The molecule has 1 aliphatic rings. The molecule has 1 heterocycles. The summed E-state index contributed by atoms with van der Waals surface area (Å²) in [6.45, 7) is 4.65. The number of aromatic nitrogens is 1. The van der Waals surface area contributed by atoms with Crippen molar-refractivity contribution in [2.75, 3.05) is 5.32 Å². The number of halogens is 1. The minimum absolute atomic E-state index is 0.544. The van der Waals surface area contributed by atoms with Crippen molar-refractivity contribution in [3.05, 3.63) is 23.4 Å². The van der Waals surface area contributed by atoms with E-state index in [0.29, 0.717) is 17.1 Å². The average Bonchev–Trinajstić information content (AvgIpc) is 2.22. The monoisotopic (exact) mass is 238 g/mol. The van der Waals surface area contributed by atoms with Gasteiger partial charge in [0.25, 0.3) is 0 Å². The van der Waals surface area contributed by atoms with Gasteiger partial charge in [0.1, 0.15) is 11.0 Å². The second-order valence-electron chi connectivity index (χ2n) is 4.99. The zero-order valence-corrected chi connectivity index (χ0v) is 10.7. The quantitative estimate of drug-likeness (QED) is 0.789. The number of nitrogens with zero attached hydrogens (tertiary/aromatic N) is 1. The second-order valence-corrected chi connectivity index (χ2v) is 5.38. The predicted octanol–water partition coefficient (Wildman–Crippen LogP) is 3.97. The van der Waals surface area contributed by atoms with E-state index in [1.807, 2.05) is 12.1 Å². The molecule has 1 fully saturated rings. The lowest BCUT2D eigenvalue weighted by atomic mass is 9.80.